The van der Waals surface area contributed by atoms with E-state index in [1.807, 2.05) is 4.72 Å². The van der Waals surface area contributed by atoms with Crippen molar-refractivity contribution in [2.45, 2.75) is 62.9 Å². The topological polar surface area (TPSA) is 99.9 Å². The summed E-state index contributed by atoms with van der Waals surface area (Å²) in [5, 5.41) is 12.9. The van der Waals surface area contributed by atoms with Gasteiger partial charge in [-0.2, -0.15) is 0 Å². The molecule has 2 amide bonds. The normalized spacial score (nSPS) is 15.1. The number of carbonyl (C=O) groups is 1. The van der Waals surface area contributed by atoms with E-state index in [-0.39, 0.29) is 22.0 Å². The highest BCUT2D eigenvalue weighted by Crippen LogP contribution is 2.41. The Kier molecular flexibility index (Phi) is 5.47. The molecule has 2 aliphatic carbocycles. The molecule has 0 fully saturated rings. The maximum atomic E-state index is 14.8. The number of nitrogens with one attached hydrogen (secondary N) is 2. The van der Waals surface area contributed by atoms with E-state index in [4.69, 9.17) is 6.57 Å². The van der Waals surface area contributed by atoms with Crippen molar-refractivity contribution in [3.05, 3.63) is 63.3 Å². The summed E-state index contributed by atoms with van der Waals surface area (Å²) in [7, 11) is -4.32. The first kappa shape index (κ1) is 22.2. The lowest BCUT2D eigenvalue weighted by atomic mass is 9.98. The van der Waals surface area contributed by atoms with E-state index in [1.54, 1.807) is 0 Å². The third-order valence-electron chi connectivity index (χ3n) is 6.07. The van der Waals surface area contributed by atoms with Crippen molar-refractivity contribution in [3.8, 4) is 0 Å². The zero-order valence-electron chi connectivity index (χ0n) is 17.9. The van der Waals surface area contributed by atoms with E-state index in [1.165, 1.54) is 26.0 Å². The first-order chi connectivity index (χ1) is 15.0. The van der Waals surface area contributed by atoms with Crippen molar-refractivity contribution in [1.82, 2.24) is 4.72 Å². The molecule has 32 heavy (non-hydrogen) atoms. The van der Waals surface area contributed by atoms with Crippen LogP contribution >= 0.6 is 0 Å². The lowest BCUT2D eigenvalue weighted by Gasteiger charge is -2.20. The highest BCUT2D eigenvalue weighted by molar-refractivity contribution is 7.90. The van der Waals surface area contributed by atoms with Crippen LogP contribution in [0.3, 0.4) is 0 Å². The second kappa shape index (κ2) is 7.87. The number of anilines is 1. The average Bonchev–Trinajstić information content (AvgIpc) is 3.40. The molecule has 0 saturated heterocycles. The van der Waals surface area contributed by atoms with Gasteiger partial charge in [-0.05, 0) is 92.3 Å². The third-order valence-corrected chi connectivity index (χ3v) is 7.38. The monoisotopic (exact) mass is 457 g/mol. The number of hydrogen-bond acceptors (Lipinski definition) is 4. The van der Waals surface area contributed by atoms with Crippen molar-refractivity contribution >= 4 is 27.4 Å². The summed E-state index contributed by atoms with van der Waals surface area (Å²) in [6, 6.07) is 2.83. The number of fused-ring (bicyclic) bond motifs is 2. The molecule has 9 heteroatoms. The fourth-order valence-corrected chi connectivity index (χ4v) is 5.49. The maximum Gasteiger partial charge on any atom is 0.333 e. The number of urea groups is 1. The van der Waals surface area contributed by atoms with Gasteiger partial charge in [-0.3, -0.25) is 0 Å². The van der Waals surface area contributed by atoms with Crippen molar-refractivity contribution in [1.29, 1.82) is 0 Å². The van der Waals surface area contributed by atoms with Gasteiger partial charge < -0.3 is 10.4 Å². The van der Waals surface area contributed by atoms with Crippen LogP contribution in [0.2, 0.25) is 0 Å². The summed E-state index contributed by atoms with van der Waals surface area (Å²) in [5.41, 5.74) is 2.13. The van der Waals surface area contributed by atoms with Crippen LogP contribution < -0.4 is 10.0 Å². The molecule has 168 valence electrons. The molecule has 0 bridgehead atoms. The van der Waals surface area contributed by atoms with Gasteiger partial charge in [0.1, 0.15) is 5.82 Å². The fraction of sp³-hybridized carbons (Fsp3) is 0.391. The van der Waals surface area contributed by atoms with E-state index in [9.17, 15) is 22.7 Å². The molecule has 0 spiro atoms. The lowest BCUT2D eigenvalue weighted by Crippen LogP contribution is -2.35. The second-order valence-electron chi connectivity index (χ2n) is 8.76. The van der Waals surface area contributed by atoms with Gasteiger partial charge in [0.25, 0.3) is 10.0 Å². The number of hydrogen-bond donors (Lipinski definition) is 3. The summed E-state index contributed by atoms with van der Waals surface area (Å²) in [6.45, 7) is 10.2. The first-order valence-electron chi connectivity index (χ1n) is 10.5. The Bertz CT molecular complexity index is 1240. The Morgan fingerprint density at radius 3 is 2.16 bits per heavy atom. The fourth-order valence-electron chi connectivity index (χ4n) is 4.52. The molecule has 0 aliphatic heterocycles. The zero-order valence-corrected chi connectivity index (χ0v) is 18.7. The van der Waals surface area contributed by atoms with E-state index in [2.05, 4.69) is 10.2 Å². The molecule has 0 unspecified atom stereocenters. The quantitative estimate of drug-likeness (QED) is 0.602. The van der Waals surface area contributed by atoms with Crippen molar-refractivity contribution in [3.63, 3.8) is 0 Å². The van der Waals surface area contributed by atoms with Crippen LogP contribution in [0.4, 0.5) is 20.6 Å². The molecule has 7 nitrogen and oxygen atoms in total. The van der Waals surface area contributed by atoms with Gasteiger partial charge in [-0.15, -0.1) is 0 Å². The van der Waals surface area contributed by atoms with Gasteiger partial charge in [-0.25, -0.2) is 27.2 Å². The molecule has 2 aromatic rings. The van der Waals surface area contributed by atoms with Crippen LogP contribution in [0, 0.1) is 12.4 Å². The van der Waals surface area contributed by atoms with Crippen LogP contribution in [0.5, 0.6) is 0 Å². The number of carbonyl (C=O) groups excluding carboxylic acids is 1. The smallest absolute Gasteiger partial charge is 0.333 e. The Balaban J connectivity index is 1.65. The molecule has 0 aromatic heterocycles. The van der Waals surface area contributed by atoms with Gasteiger partial charge in [0.15, 0.2) is 5.69 Å². The van der Waals surface area contributed by atoms with E-state index < -0.39 is 21.7 Å². The Morgan fingerprint density at radius 2 is 1.62 bits per heavy atom. The molecule has 2 aromatic carbocycles. The van der Waals surface area contributed by atoms with Gasteiger partial charge >= 0.3 is 6.03 Å². The molecule has 0 atom stereocenters. The van der Waals surface area contributed by atoms with E-state index in [0.717, 1.165) is 30.0 Å². The summed E-state index contributed by atoms with van der Waals surface area (Å²) in [6.07, 6.45) is 4.03. The highest BCUT2D eigenvalue weighted by atomic mass is 32.2. The number of benzene rings is 2. The Morgan fingerprint density at radius 1 is 1.06 bits per heavy atom. The number of halogens is 1. The van der Waals surface area contributed by atoms with Gasteiger partial charge in [0, 0.05) is 5.69 Å². The molecule has 0 radical (unpaired) electrons. The number of sulfonamides is 1. The largest absolute Gasteiger partial charge is 0.386 e. The van der Waals surface area contributed by atoms with E-state index in [0.29, 0.717) is 42.5 Å². The molecule has 0 heterocycles. The second-order valence-corrected chi connectivity index (χ2v) is 10.4. The van der Waals surface area contributed by atoms with Gasteiger partial charge in [-0.1, -0.05) is 6.07 Å². The molecule has 2 aliphatic rings. The maximum absolute atomic E-state index is 14.8. The summed E-state index contributed by atoms with van der Waals surface area (Å²) < 4.78 is 42.6. The standard InChI is InChI=1S/C23H24FN3O4S/c1-23(2,29)13-10-14(25-3)12-15(11-13)32(30,31)27-22(28)26-21-18-8-4-6-16(18)20(24)17-7-5-9-19(17)21/h10-12,29H,4-9H2,1-2H3,(H2,26,27,28). The van der Waals surface area contributed by atoms with Crippen molar-refractivity contribution in [2.24, 2.45) is 0 Å². The van der Waals surface area contributed by atoms with Gasteiger partial charge in [0.05, 0.1) is 17.1 Å². The van der Waals surface area contributed by atoms with Crippen molar-refractivity contribution in [2.75, 3.05) is 5.32 Å². The minimum absolute atomic E-state index is 0.0274. The van der Waals surface area contributed by atoms with E-state index >= 15 is 0 Å². The summed E-state index contributed by atoms with van der Waals surface area (Å²) >= 11 is 0. The third kappa shape index (κ3) is 3.96. The Hall–Kier alpha value is -2.96. The summed E-state index contributed by atoms with van der Waals surface area (Å²) in [4.78, 5) is 15.7. The molecule has 4 rings (SSSR count). The minimum Gasteiger partial charge on any atom is -0.386 e. The first-order valence-corrected chi connectivity index (χ1v) is 11.9. The Labute approximate surface area is 186 Å². The molecular formula is C23H24FN3O4S. The SMILES string of the molecule is [C-]#[N+]c1cc(C(C)(C)O)cc(S(=O)(=O)NC(=O)Nc2c3c(c(F)c4c2CCC4)CCC3)c1. The number of aliphatic hydroxyl groups is 1. The summed E-state index contributed by atoms with van der Waals surface area (Å²) in [5.74, 6) is -0.182. The number of amides is 2. The van der Waals surface area contributed by atoms with Crippen LogP contribution in [0.1, 0.15) is 54.5 Å². The molecular weight excluding hydrogens is 433 g/mol. The minimum atomic E-state index is -4.32. The van der Waals surface area contributed by atoms with Crippen LogP contribution in [-0.4, -0.2) is 19.6 Å². The lowest BCUT2D eigenvalue weighted by molar-refractivity contribution is 0.0784. The molecule has 3 N–H and O–H groups in total. The van der Waals surface area contributed by atoms with Crippen LogP contribution in [-0.2, 0) is 41.3 Å². The number of nitrogens with zero attached hydrogens (tertiary/aromatic N) is 1. The van der Waals surface area contributed by atoms with Crippen LogP contribution in [0.25, 0.3) is 4.85 Å². The highest BCUT2D eigenvalue weighted by Gasteiger charge is 2.30. The zero-order chi connectivity index (χ0) is 23.3. The van der Waals surface area contributed by atoms with Gasteiger partial charge in [0.2, 0.25) is 0 Å². The van der Waals surface area contributed by atoms with Crippen molar-refractivity contribution < 1.29 is 22.7 Å². The number of rotatable bonds is 4. The predicted molar refractivity (Wildman–Crippen MR) is 118 cm³/mol. The average molecular weight is 458 g/mol. The molecule has 0 saturated carbocycles. The predicted octanol–water partition coefficient (Wildman–Crippen LogP) is 4.09. The van der Waals surface area contributed by atoms with Crippen LogP contribution in [0.15, 0.2) is 23.1 Å².